The molecular formula is C22H26N4O3S. The number of amides is 1. The number of hydrogen-bond donors (Lipinski definition) is 1. The Kier molecular flexibility index (Phi) is 6.36. The molecule has 0 atom stereocenters. The van der Waals surface area contributed by atoms with Gasteiger partial charge in [0.05, 0.1) is 29.2 Å². The van der Waals surface area contributed by atoms with Crippen molar-refractivity contribution >= 4 is 22.9 Å². The number of carbonyl (C=O) groups is 1. The molecule has 8 heteroatoms. The lowest BCUT2D eigenvalue weighted by molar-refractivity contribution is 0.102. The van der Waals surface area contributed by atoms with Crippen molar-refractivity contribution in [2.45, 2.75) is 34.6 Å². The molecule has 0 aliphatic heterocycles. The van der Waals surface area contributed by atoms with Gasteiger partial charge in [-0.15, -0.1) is 11.3 Å². The van der Waals surface area contributed by atoms with Gasteiger partial charge in [-0.25, -0.2) is 9.67 Å². The number of ether oxygens (including phenoxy) is 1. The van der Waals surface area contributed by atoms with Crippen LogP contribution in [0, 0.1) is 26.7 Å². The molecular weight excluding hydrogens is 400 g/mol. The van der Waals surface area contributed by atoms with Crippen LogP contribution in [0.3, 0.4) is 0 Å². The van der Waals surface area contributed by atoms with Crippen LogP contribution in [0.4, 0.5) is 5.69 Å². The number of benzene rings is 1. The molecule has 0 saturated carbocycles. The zero-order valence-electron chi connectivity index (χ0n) is 18.1. The van der Waals surface area contributed by atoms with E-state index in [1.54, 1.807) is 20.0 Å². The van der Waals surface area contributed by atoms with Crippen LogP contribution in [0.5, 0.6) is 5.75 Å². The molecule has 0 bridgehead atoms. The third-order valence-electron chi connectivity index (χ3n) is 4.65. The second kappa shape index (κ2) is 8.79. The SMILES string of the molecule is Cc1nc(-c2c(C)c(C)nn(C)c2=O)sc1C(=O)Nc1ccccc1OCC(C)C. The Morgan fingerprint density at radius 2 is 1.90 bits per heavy atom. The molecule has 0 aliphatic rings. The number of rotatable bonds is 6. The first-order valence-corrected chi connectivity index (χ1v) is 10.6. The molecule has 1 N–H and O–H groups in total. The molecule has 3 aromatic rings. The lowest BCUT2D eigenvalue weighted by Crippen LogP contribution is -2.23. The van der Waals surface area contributed by atoms with E-state index in [1.165, 1.54) is 16.0 Å². The van der Waals surface area contributed by atoms with Crippen molar-refractivity contribution in [2.75, 3.05) is 11.9 Å². The first kappa shape index (κ1) is 21.7. The van der Waals surface area contributed by atoms with E-state index in [2.05, 4.69) is 29.2 Å². The fourth-order valence-corrected chi connectivity index (χ4v) is 4.00. The lowest BCUT2D eigenvalue weighted by Gasteiger charge is -2.13. The number of nitrogens with one attached hydrogen (secondary N) is 1. The molecule has 0 saturated heterocycles. The van der Waals surface area contributed by atoms with Crippen molar-refractivity contribution in [2.24, 2.45) is 13.0 Å². The van der Waals surface area contributed by atoms with E-state index in [0.717, 1.165) is 11.3 Å². The average molecular weight is 427 g/mol. The minimum Gasteiger partial charge on any atom is -0.491 e. The van der Waals surface area contributed by atoms with Crippen molar-refractivity contribution in [3.8, 4) is 16.3 Å². The molecule has 0 spiro atoms. The number of hydrogen-bond acceptors (Lipinski definition) is 6. The van der Waals surface area contributed by atoms with Gasteiger partial charge in [0.25, 0.3) is 11.5 Å². The van der Waals surface area contributed by atoms with Crippen LogP contribution < -0.4 is 15.6 Å². The smallest absolute Gasteiger partial charge is 0.277 e. The zero-order valence-corrected chi connectivity index (χ0v) is 18.9. The Balaban J connectivity index is 1.93. The first-order valence-electron chi connectivity index (χ1n) is 9.74. The predicted molar refractivity (Wildman–Crippen MR) is 120 cm³/mol. The van der Waals surface area contributed by atoms with Gasteiger partial charge in [-0.05, 0) is 44.4 Å². The van der Waals surface area contributed by atoms with E-state index in [4.69, 9.17) is 4.74 Å². The van der Waals surface area contributed by atoms with Crippen LogP contribution in [0.15, 0.2) is 29.1 Å². The second-order valence-electron chi connectivity index (χ2n) is 7.60. The normalized spacial score (nSPS) is 11.0. The third-order valence-corrected chi connectivity index (χ3v) is 5.82. The maximum absolute atomic E-state index is 13.0. The lowest BCUT2D eigenvalue weighted by atomic mass is 10.1. The van der Waals surface area contributed by atoms with Crippen molar-refractivity contribution < 1.29 is 9.53 Å². The molecule has 0 unspecified atom stereocenters. The fraction of sp³-hybridized carbons (Fsp3) is 0.364. The summed E-state index contributed by atoms with van der Waals surface area (Å²) in [5.74, 6) is 0.711. The van der Waals surface area contributed by atoms with Gasteiger partial charge in [0.1, 0.15) is 15.6 Å². The van der Waals surface area contributed by atoms with Crippen molar-refractivity contribution in [1.29, 1.82) is 0 Å². The van der Waals surface area contributed by atoms with Gasteiger partial charge in [-0.3, -0.25) is 9.59 Å². The molecule has 0 fully saturated rings. The van der Waals surface area contributed by atoms with E-state index >= 15 is 0 Å². The summed E-state index contributed by atoms with van der Waals surface area (Å²) in [5.41, 5.74) is 2.95. The summed E-state index contributed by atoms with van der Waals surface area (Å²) in [5, 5.41) is 7.64. The first-order chi connectivity index (χ1) is 14.2. The van der Waals surface area contributed by atoms with E-state index in [9.17, 15) is 9.59 Å². The van der Waals surface area contributed by atoms with Crippen LogP contribution in [0.25, 0.3) is 10.6 Å². The largest absolute Gasteiger partial charge is 0.491 e. The molecule has 0 aliphatic carbocycles. The topological polar surface area (TPSA) is 86.1 Å². The van der Waals surface area contributed by atoms with Crippen LogP contribution in [-0.4, -0.2) is 27.3 Å². The number of aryl methyl sites for hydroxylation is 3. The standard InChI is InChI=1S/C22H26N4O3S/c1-12(2)11-29-17-10-8-7-9-16(17)24-20(27)19-15(5)23-21(30-19)18-13(3)14(4)25-26(6)22(18)28/h7-10,12H,11H2,1-6H3,(H,24,27). The van der Waals surface area contributed by atoms with Gasteiger partial charge in [0.15, 0.2) is 0 Å². The molecule has 7 nitrogen and oxygen atoms in total. The van der Waals surface area contributed by atoms with Crippen molar-refractivity contribution in [3.63, 3.8) is 0 Å². The zero-order chi connectivity index (χ0) is 22.0. The Morgan fingerprint density at radius 3 is 2.60 bits per heavy atom. The summed E-state index contributed by atoms with van der Waals surface area (Å²) in [4.78, 5) is 30.6. The molecule has 1 amide bonds. The van der Waals surface area contributed by atoms with Crippen LogP contribution in [0.2, 0.25) is 0 Å². The Hall–Kier alpha value is -3.00. The minimum absolute atomic E-state index is 0.230. The number of anilines is 1. The van der Waals surface area contributed by atoms with Crippen molar-refractivity contribution in [3.05, 3.63) is 56.4 Å². The maximum Gasteiger partial charge on any atom is 0.277 e. The van der Waals surface area contributed by atoms with Gasteiger partial charge >= 0.3 is 0 Å². The van der Waals surface area contributed by atoms with Gasteiger partial charge in [-0.2, -0.15) is 5.10 Å². The highest BCUT2D eigenvalue weighted by Gasteiger charge is 2.21. The molecule has 2 heterocycles. The Morgan fingerprint density at radius 1 is 1.20 bits per heavy atom. The van der Waals surface area contributed by atoms with Crippen LogP contribution >= 0.6 is 11.3 Å². The monoisotopic (exact) mass is 426 g/mol. The van der Waals surface area contributed by atoms with Gasteiger partial charge in [0, 0.05) is 7.05 Å². The van der Waals surface area contributed by atoms with E-state index in [-0.39, 0.29) is 11.5 Å². The highest BCUT2D eigenvalue weighted by molar-refractivity contribution is 7.17. The van der Waals surface area contributed by atoms with Crippen molar-refractivity contribution in [1.82, 2.24) is 14.8 Å². The molecule has 3 rings (SSSR count). The summed E-state index contributed by atoms with van der Waals surface area (Å²) >= 11 is 1.20. The summed E-state index contributed by atoms with van der Waals surface area (Å²) in [6, 6.07) is 7.34. The Labute approximate surface area is 179 Å². The highest BCUT2D eigenvalue weighted by Crippen LogP contribution is 2.30. The van der Waals surface area contributed by atoms with E-state index in [1.807, 2.05) is 32.0 Å². The molecule has 158 valence electrons. The number of carbonyl (C=O) groups excluding carboxylic acids is 1. The molecule has 30 heavy (non-hydrogen) atoms. The minimum atomic E-state index is -0.280. The van der Waals surface area contributed by atoms with E-state index in [0.29, 0.717) is 45.1 Å². The maximum atomic E-state index is 13.0. The van der Waals surface area contributed by atoms with Gasteiger partial charge in [-0.1, -0.05) is 26.0 Å². The predicted octanol–water partition coefficient (Wildman–Crippen LogP) is 4.12. The van der Waals surface area contributed by atoms with Crippen LogP contribution in [-0.2, 0) is 7.05 Å². The quantitative estimate of drug-likeness (QED) is 0.641. The third kappa shape index (κ3) is 4.43. The molecule has 2 aromatic heterocycles. The van der Waals surface area contributed by atoms with Crippen LogP contribution in [0.1, 0.15) is 40.5 Å². The number of para-hydroxylation sites is 2. The Bertz CT molecular complexity index is 1150. The number of thiazole rings is 1. The summed E-state index contributed by atoms with van der Waals surface area (Å²) in [7, 11) is 1.61. The molecule has 0 radical (unpaired) electrons. The highest BCUT2D eigenvalue weighted by atomic mass is 32.1. The average Bonchev–Trinajstić information content (AvgIpc) is 3.07. The summed E-state index contributed by atoms with van der Waals surface area (Å²) in [6.45, 7) is 10.1. The number of aromatic nitrogens is 3. The second-order valence-corrected chi connectivity index (χ2v) is 8.60. The fourth-order valence-electron chi connectivity index (χ4n) is 2.95. The van der Waals surface area contributed by atoms with Gasteiger partial charge in [0.2, 0.25) is 0 Å². The number of nitrogens with zero attached hydrogens (tertiary/aromatic N) is 3. The summed E-state index contributed by atoms with van der Waals surface area (Å²) < 4.78 is 7.12. The summed E-state index contributed by atoms with van der Waals surface area (Å²) in [6.07, 6.45) is 0. The van der Waals surface area contributed by atoms with E-state index < -0.39 is 0 Å². The molecule has 1 aromatic carbocycles. The van der Waals surface area contributed by atoms with Gasteiger partial charge < -0.3 is 10.1 Å².